The van der Waals surface area contributed by atoms with Crippen LogP contribution in [0.1, 0.15) is 18.4 Å². The molecule has 6 nitrogen and oxygen atoms in total. The van der Waals surface area contributed by atoms with E-state index in [-0.39, 0.29) is 11.8 Å². The van der Waals surface area contributed by atoms with Crippen molar-refractivity contribution in [3.8, 4) is 11.1 Å². The summed E-state index contributed by atoms with van der Waals surface area (Å²) >= 11 is 0. The van der Waals surface area contributed by atoms with Crippen molar-refractivity contribution in [2.45, 2.75) is 19.8 Å². The van der Waals surface area contributed by atoms with E-state index in [9.17, 15) is 9.59 Å². The van der Waals surface area contributed by atoms with Gasteiger partial charge in [-0.2, -0.15) is 0 Å². The fraction of sp³-hybridized carbons (Fsp3) is 0.316. The number of nitrogens with two attached hydrogens (primary N) is 1. The zero-order valence-electron chi connectivity index (χ0n) is 14.2. The molecule has 1 aromatic carbocycles. The molecule has 2 heterocycles. The number of nitrogens with one attached hydrogen (secondary N) is 1. The number of carbonyl (C=O) groups excluding carboxylic acids is 2. The summed E-state index contributed by atoms with van der Waals surface area (Å²) in [5, 5.41) is 3.02. The van der Waals surface area contributed by atoms with Gasteiger partial charge in [0.25, 0.3) is 0 Å². The number of benzene rings is 1. The Labute approximate surface area is 147 Å². The number of rotatable bonds is 3. The van der Waals surface area contributed by atoms with Crippen LogP contribution in [0.5, 0.6) is 0 Å². The zero-order valence-corrected chi connectivity index (χ0v) is 14.2. The lowest BCUT2D eigenvalue weighted by Gasteiger charge is -2.30. The Morgan fingerprint density at radius 1 is 1.20 bits per heavy atom. The molecule has 0 radical (unpaired) electrons. The van der Waals surface area contributed by atoms with Crippen LogP contribution in [0.3, 0.4) is 0 Å². The predicted molar refractivity (Wildman–Crippen MR) is 96.9 cm³/mol. The molecule has 1 aliphatic heterocycles. The quantitative estimate of drug-likeness (QED) is 0.902. The molecule has 6 heteroatoms. The van der Waals surface area contributed by atoms with E-state index in [2.05, 4.69) is 10.3 Å². The SMILES string of the molecule is Cc1ccc(-c2ccncc2)cc1NC(=O)[C@@H]1CCCN(C(N)=O)C1. The van der Waals surface area contributed by atoms with Crippen LogP contribution in [0.15, 0.2) is 42.7 Å². The highest BCUT2D eigenvalue weighted by molar-refractivity contribution is 5.94. The Kier molecular flexibility index (Phi) is 4.97. The van der Waals surface area contributed by atoms with E-state index in [1.54, 1.807) is 12.4 Å². The monoisotopic (exact) mass is 338 g/mol. The third kappa shape index (κ3) is 3.96. The third-order valence-electron chi connectivity index (χ3n) is 4.61. The number of primary amides is 1. The number of nitrogens with zero attached hydrogens (tertiary/aromatic N) is 2. The van der Waals surface area contributed by atoms with Gasteiger partial charge in [-0.15, -0.1) is 0 Å². The fourth-order valence-electron chi connectivity index (χ4n) is 3.11. The van der Waals surface area contributed by atoms with Gasteiger partial charge in [0.15, 0.2) is 0 Å². The molecular weight excluding hydrogens is 316 g/mol. The first-order valence-electron chi connectivity index (χ1n) is 8.41. The van der Waals surface area contributed by atoms with Crippen LogP contribution in [0.2, 0.25) is 0 Å². The molecule has 0 saturated carbocycles. The van der Waals surface area contributed by atoms with Gasteiger partial charge in [0, 0.05) is 31.2 Å². The van der Waals surface area contributed by atoms with Crippen molar-refractivity contribution in [1.82, 2.24) is 9.88 Å². The first-order chi connectivity index (χ1) is 12.0. The number of hydrogen-bond donors (Lipinski definition) is 2. The lowest BCUT2D eigenvalue weighted by molar-refractivity contribution is -0.121. The van der Waals surface area contributed by atoms with E-state index in [0.29, 0.717) is 13.1 Å². The zero-order chi connectivity index (χ0) is 17.8. The summed E-state index contributed by atoms with van der Waals surface area (Å²) in [5.41, 5.74) is 9.19. The van der Waals surface area contributed by atoms with Crippen molar-refractivity contribution in [1.29, 1.82) is 0 Å². The summed E-state index contributed by atoms with van der Waals surface area (Å²) in [6.45, 7) is 2.96. The maximum Gasteiger partial charge on any atom is 0.314 e. The van der Waals surface area contributed by atoms with Gasteiger partial charge in [-0.1, -0.05) is 12.1 Å². The van der Waals surface area contributed by atoms with Crippen LogP contribution in [0.4, 0.5) is 10.5 Å². The number of urea groups is 1. The van der Waals surface area contributed by atoms with Crippen molar-refractivity contribution in [2.24, 2.45) is 11.7 Å². The maximum absolute atomic E-state index is 12.6. The van der Waals surface area contributed by atoms with Crippen molar-refractivity contribution in [3.05, 3.63) is 48.3 Å². The summed E-state index contributed by atoms with van der Waals surface area (Å²) in [6, 6.07) is 9.38. The molecule has 3 N–H and O–H groups in total. The van der Waals surface area contributed by atoms with E-state index in [1.165, 1.54) is 4.90 Å². The highest BCUT2D eigenvalue weighted by Crippen LogP contribution is 2.26. The summed E-state index contributed by atoms with van der Waals surface area (Å²) in [7, 11) is 0. The highest BCUT2D eigenvalue weighted by atomic mass is 16.2. The molecule has 1 aliphatic rings. The van der Waals surface area contributed by atoms with E-state index < -0.39 is 6.03 Å². The Morgan fingerprint density at radius 3 is 2.68 bits per heavy atom. The van der Waals surface area contributed by atoms with Gasteiger partial charge in [-0.25, -0.2) is 4.79 Å². The molecular formula is C19H22N4O2. The number of likely N-dealkylation sites (tertiary alicyclic amines) is 1. The number of piperidine rings is 1. The lowest BCUT2D eigenvalue weighted by atomic mass is 9.96. The Morgan fingerprint density at radius 2 is 1.96 bits per heavy atom. The number of pyridine rings is 1. The molecule has 0 aliphatic carbocycles. The standard InChI is InChI=1S/C19H22N4O2/c1-13-4-5-15(14-6-8-21-9-7-14)11-17(13)22-18(24)16-3-2-10-23(12-16)19(20)25/h4-9,11,16H,2-3,10,12H2,1H3,(H2,20,25)(H,22,24)/t16-/m1/s1. The first kappa shape index (κ1) is 17.0. The smallest absolute Gasteiger partial charge is 0.314 e. The molecule has 25 heavy (non-hydrogen) atoms. The lowest BCUT2D eigenvalue weighted by Crippen LogP contribution is -2.46. The number of aromatic nitrogens is 1. The molecule has 0 bridgehead atoms. The fourth-order valence-corrected chi connectivity index (χ4v) is 3.11. The molecule has 130 valence electrons. The third-order valence-corrected chi connectivity index (χ3v) is 4.61. The normalized spacial score (nSPS) is 17.2. The van der Waals surface area contributed by atoms with Crippen LogP contribution >= 0.6 is 0 Å². The largest absolute Gasteiger partial charge is 0.351 e. The van der Waals surface area contributed by atoms with E-state index in [4.69, 9.17) is 5.73 Å². The molecule has 3 rings (SSSR count). The number of amides is 3. The van der Waals surface area contributed by atoms with Crippen LogP contribution in [-0.2, 0) is 4.79 Å². The molecule has 1 atom stereocenters. The minimum absolute atomic E-state index is 0.0686. The van der Waals surface area contributed by atoms with Gasteiger partial charge in [0.05, 0.1) is 5.92 Å². The van der Waals surface area contributed by atoms with Crippen molar-refractivity contribution < 1.29 is 9.59 Å². The molecule has 0 spiro atoms. The van der Waals surface area contributed by atoms with E-state index >= 15 is 0 Å². The second-order valence-electron chi connectivity index (χ2n) is 6.38. The van der Waals surface area contributed by atoms with Gasteiger partial charge < -0.3 is 16.0 Å². The number of hydrogen-bond acceptors (Lipinski definition) is 3. The van der Waals surface area contributed by atoms with Crippen molar-refractivity contribution in [2.75, 3.05) is 18.4 Å². The van der Waals surface area contributed by atoms with Gasteiger partial charge in [-0.05, 0) is 54.7 Å². The van der Waals surface area contributed by atoms with Crippen molar-refractivity contribution >= 4 is 17.6 Å². The minimum atomic E-state index is -0.464. The van der Waals surface area contributed by atoms with E-state index in [1.807, 2.05) is 37.3 Å². The summed E-state index contributed by atoms with van der Waals surface area (Å²) in [6.07, 6.45) is 5.04. The summed E-state index contributed by atoms with van der Waals surface area (Å²) < 4.78 is 0. The Balaban J connectivity index is 1.76. The number of carbonyl (C=O) groups is 2. The molecule has 3 amide bonds. The van der Waals surface area contributed by atoms with Crippen LogP contribution in [0.25, 0.3) is 11.1 Å². The van der Waals surface area contributed by atoms with Crippen LogP contribution < -0.4 is 11.1 Å². The molecule has 1 aromatic heterocycles. The highest BCUT2D eigenvalue weighted by Gasteiger charge is 2.27. The first-order valence-corrected chi connectivity index (χ1v) is 8.41. The van der Waals surface area contributed by atoms with Crippen LogP contribution in [-0.4, -0.2) is 34.9 Å². The second-order valence-corrected chi connectivity index (χ2v) is 6.38. The van der Waals surface area contributed by atoms with Gasteiger partial charge in [0.1, 0.15) is 0 Å². The molecule has 2 aromatic rings. The van der Waals surface area contributed by atoms with Gasteiger partial charge in [-0.3, -0.25) is 9.78 Å². The Bertz CT molecular complexity index is 776. The average Bonchev–Trinajstić information content (AvgIpc) is 2.64. The van der Waals surface area contributed by atoms with Gasteiger partial charge >= 0.3 is 6.03 Å². The maximum atomic E-state index is 12.6. The van der Waals surface area contributed by atoms with E-state index in [0.717, 1.165) is 35.2 Å². The Hall–Kier alpha value is -2.89. The predicted octanol–water partition coefficient (Wildman–Crippen LogP) is 2.79. The number of aryl methyl sites for hydroxylation is 1. The average molecular weight is 338 g/mol. The molecule has 1 fully saturated rings. The van der Waals surface area contributed by atoms with Crippen molar-refractivity contribution in [3.63, 3.8) is 0 Å². The topological polar surface area (TPSA) is 88.3 Å². The van der Waals surface area contributed by atoms with Crippen LogP contribution in [0, 0.1) is 12.8 Å². The molecule has 1 saturated heterocycles. The minimum Gasteiger partial charge on any atom is -0.351 e. The summed E-state index contributed by atoms with van der Waals surface area (Å²) in [5.74, 6) is -0.300. The molecule has 0 unspecified atom stereocenters. The summed E-state index contributed by atoms with van der Waals surface area (Å²) in [4.78, 5) is 29.5. The van der Waals surface area contributed by atoms with Gasteiger partial charge in [0.2, 0.25) is 5.91 Å². The number of anilines is 1. The second kappa shape index (κ2) is 7.34.